The summed E-state index contributed by atoms with van der Waals surface area (Å²) >= 11 is 1.34. The van der Waals surface area contributed by atoms with E-state index in [1.165, 1.54) is 23.5 Å². The molecule has 1 aromatic heterocycles. The van der Waals surface area contributed by atoms with Gasteiger partial charge in [-0.1, -0.05) is 26.0 Å². The summed E-state index contributed by atoms with van der Waals surface area (Å²) in [5.74, 6) is -0.288. The van der Waals surface area contributed by atoms with Crippen LogP contribution in [0.4, 0.5) is 15.1 Å². The van der Waals surface area contributed by atoms with Crippen molar-refractivity contribution in [1.29, 1.82) is 0 Å². The topological polar surface area (TPSA) is 55.1 Å². The first-order valence-corrected chi connectivity index (χ1v) is 7.21. The van der Waals surface area contributed by atoms with Gasteiger partial charge < -0.3 is 11.1 Å². The number of ketones is 1. The van der Waals surface area contributed by atoms with E-state index in [0.29, 0.717) is 17.1 Å². The molecule has 0 saturated heterocycles. The largest absolute Gasteiger partial charge is 0.397 e. The van der Waals surface area contributed by atoms with Crippen molar-refractivity contribution in [3.8, 4) is 0 Å². The molecule has 106 valence electrons. The van der Waals surface area contributed by atoms with E-state index >= 15 is 0 Å². The molecule has 0 aliphatic heterocycles. The molecule has 5 heteroatoms. The van der Waals surface area contributed by atoms with E-state index in [1.54, 1.807) is 12.1 Å². The van der Waals surface area contributed by atoms with Gasteiger partial charge in [0, 0.05) is 12.5 Å². The van der Waals surface area contributed by atoms with Crippen LogP contribution in [0.25, 0.3) is 0 Å². The Morgan fingerprint density at radius 1 is 1.40 bits per heavy atom. The van der Waals surface area contributed by atoms with Crippen LogP contribution in [0.3, 0.4) is 0 Å². The molecule has 0 saturated carbocycles. The van der Waals surface area contributed by atoms with Gasteiger partial charge in [0.2, 0.25) is 0 Å². The number of Topliss-reactive ketones (excluding diaryl/α,β-unsaturated/α-hetero) is 1. The van der Waals surface area contributed by atoms with Crippen molar-refractivity contribution >= 4 is 27.8 Å². The number of hydrogen-bond acceptors (Lipinski definition) is 4. The minimum atomic E-state index is -0.259. The highest BCUT2D eigenvalue weighted by atomic mass is 32.1. The lowest BCUT2D eigenvalue weighted by molar-refractivity contribution is 0.0944. The van der Waals surface area contributed by atoms with Crippen LogP contribution >= 0.6 is 11.3 Å². The van der Waals surface area contributed by atoms with Crippen LogP contribution in [0.5, 0.6) is 0 Å². The number of carbonyl (C=O) groups excluding carboxylic acids is 1. The number of nitrogens with one attached hydrogen (secondary N) is 1. The van der Waals surface area contributed by atoms with Crippen molar-refractivity contribution in [1.82, 2.24) is 0 Å². The van der Waals surface area contributed by atoms with Gasteiger partial charge in [-0.05, 0) is 23.8 Å². The van der Waals surface area contributed by atoms with Crippen molar-refractivity contribution in [2.75, 3.05) is 11.1 Å². The maximum atomic E-state index is 13.1. The molecule has 2 rings (SSSR count). The van der Waals surface area contributed by atoms with Crippen LogP contribution in [-0.2, 0) is 6.54 Å². The lowest BCUT2D eigenvalue weighted by Crippen LogP contribution is -2.07. The number of rotatable bonds is 5. The van der Waals surface area contributed by atoms with Crippen molar-refractivity contribution in [2.24, 2.45) is 5.92 Å². The molecule has 0 radical (unpaired) electrons. The molecule has 1 aromatic carbocycles. The lowest BCUT2D eigenvalue weighted by Gasteiger charge is -2.04. The SMILES string of the molecule is CC(C)C(=O)c1sc(NCc2cccc(F)c2)cc1N. The second-order valence-electron chi connectivity index (χ2n) is 4.90. The summed E-state index contributed by atoms with van der Waals surface area (Å²) in [5, 5.41) is 3.98. The van der Waals surface area contributed by atoms with Gasteiger partial charge in [-0.2, -0.15) is 0 Å². The predicted molar refractivity (Wildman–Crippen MR) is 81.6 cm³/mol. The van der Waals surface area contributed by atoms with Crippen LogP contribution in [-0.4, -0.2) is 5.78 Å². The molecule has 2 aromatic rings. The summed E-state index contributed by atoms with van der Waals surface area (Å²) in [6.45, 7) is 4.19. The maximum absolute atomic E-state index is 13.1. The molecule has 3 N–H and O–H groups in total. The van der Waals surface area contributed by atoms with Gasteiger partial charge in [0.1, 0.15) is 5.82 Å². The lowest BCUT2D eigenvalue weighted by atomic mass is 10.1. The second kappa shape index (κ2) is 6.05. The van der Waals surface area contributed by atoms with Crippen LogP contribution < -0.4 is 11.1 Å². The molecule has 0 fully saturated rings. The normalized spacial score (nSPS) is 10.8. The third-order valence-corrected chi connectivity index (χ3v) is 3.99. The summed E-state index contributed by atoms with van der Waals surface area (Å²) < 4.78 is 13.1. The summed E-state index contributed by atoms with van der Waals surface area (Å²) in [6.07, 6.45) is 0. The van der Waals surface area contributed by atoms with Gasteiger partial charge >= 0.3 is 0 Å². The molecule has 0 unspecified atom stereocenters. The fraction of sp³-hybridized carbons (Fsp3) is 0.267. The van der Waals surface area contributed by atoms with Crippen LogP contribution in [0.1, 0.15) is 29.1 Å². The average molecular weight is 292 g/mol. The monoisotopic (exact) mass is 292 g/mol. The van der Waals surface area contributed by atoms with Crippen LogP contribution in [0, 0.1) is 11.7 Å². The maximum Gasteiger partial charge on any atom is 0.177 e. The molecule has 3 nitrogen and oxygen atoms in total. The minimum absolute atomic E-state index is 0.0475. The molecule has 0 spiro atoms. The third-order valence-electron chi connectivity index (χ3n) is 2.86. The Morgan fingerprint density at radius 3 is 2.80 bits per heavy atom. The Bertz CT molecular complexity index is 622. The highest BCUT2D eigenvalue weighted by Gasteiger charge is 2.17. The van der Waals surface area contributed by atoms with Crippen LogP contribution in [0.2, 0.25) is 0 Å². The van der Waals surface area contributed by atoms with E-state index in [-0.39, 0.29) is 17.5 Å². The number of anilines is 2. The molecule has 0 atom stereocenters. The first-order valence-electron chi connectivity index (χ1n) is 6.39. The Morgan fingerprint density at radius 2 is 2.15 bits per heavy atom. The number of carbonyl (C=O) groups is 1. The summed E-state index contributed by atoms with van der Waals surface area (Å²) in [7, 11) is 0. The van der Waals surface area contributed by atoms with Crippen molar-refractivity contribution in [2.45, 2.75) is 20.4 Å². The molecule has 20 heavy (non-hydrogen) atoms. The standard InChI is InChI=1S/C15H17FN2OS/c1-9(2)14(19)15-12(17)7-13(20-15)18-8-10-4-3-5-11(16)6-10/h3-7,9,18H,8,17H2,1-2H3. The Kier molecular flexibility index (Phi) is 4.39. The zero-order valence-corrected chi connectivity index (χ0v) is 12.3. The minimum Gasteiger partial charge on any atom is -0.397 e. The molecule has 0 amide bonds. The van der Waals surface area contributed by atoms with Gasteiger partial charge in [-0.3, -0.25) is 4.79 Å². The number of thiophene rings is 1. The van der Waals surface area contributed by atoms with Gasteiger partial charge in [0.15, 0.2) is 5.78 Å². The first kappa shape index (κ1) is 14.5. The smallest absolute Gasteiger partial charge is 0.177 e. The van der Waals surface area contributed by atoms with E-state index in [0.717, 1.165) is 10.6 Å². The zero-order valence-electron chi connectivity index (χ0n) is 11.4. The predicted octanol–water partition coefficient (Wildman–Crippen LogP) is 3.92. The number of nitrogens with two attached hydrogens (primary N) is 1. The summed E-state index contributed by atoms with van der Waals surface area (Å²) in [6, 6.07) is 8.14. The highest BCUT2D eigenvalue weighted by Crippen LogP contribution is 2.31. The average Bonchev–Trinajstić information content (AvgIpc) is 2.77. The zero-order chi connectivity index (χ0) is 14.7. The van der Waals surface area contributed by atoms with Gasteiger partial charge in [0.05, 0.1) is 15.6 Å². The summed E-state index contributed by atoms with van der Waals surface area (Å²) in [4.78, 5) is 12.5. The molecular weight excluding hydrogens is 275 g/mol. The fourth-order valence-electron chi connectivity index (χ4n) is 1.78. The van der Waals surface area contributed by atoms with E-state index < -0.39 is 0 Å². The molecular formula is C15H17FN2OS. The van der Waals surface area contributed by atoms with Crippen molar-refractivity contribution < 1.29 is 9.18 Å². The molecule has 1 heterocycles. The van der Waals surface area contributed by atoms with E-state index in [9.17, 15) is 9.18 Å². The first-order chi connectivity index (χ1) is 9.47. The van der Waals surface area contributed by atoms with Gasteiger partial charge in [-0.25, -0.2) is 4.39 Å². The third kappa shape index (κ3) is 3.36. The molecule has 0 aliphatic carbocycles. The Labute approximate surface area is 121 Å². The highest BCUT2D eigenvalue weighted by molar-refractivity contribution is 7.18. The molecule has 0 aliphatic rings. The van der Waals surface area contributed by atoms with E-state index in [1.807, 2.05) is 19.9 Å². The Balaban J connectivity index is 2.08. The van der Waals surface area contributed by atoms with Gasteiger partial charge in [0.25, 0.3) is 0 Å². The van der Waals surface area contributed by atoms with Crippen LogP contribution in [0.15, 0.2) is 30.3 Å². The molecule has 0 bridgehead atoms. The van der Waals surface area contributed by atoms with E-state index in [4.69, 9.17) is 5.73 Å². The van der Waals surface area contributed by atoms with Crippen molar-refractivity contribution in [3.63, 3.8) is 0 Å². The number of benzene rings is 1. The fourth-order valence-corrected chi connectivity index (χ4v) is 2.85. The number of halogens is 1. The quantitative estimate of drug-likeness (QED) is 0.821. The van der Waals surface area contributed by atoms with Gasteiger partial charge in [-0.15, -0.1) is 11.3 Å². The Hall–Kier alpha value is -1.88. The second-order valence-corrected chi connectivity index (χ2v) is 5.95. The number of hydrogen-bond donors (Lipinski definition) is 2. The summed E-state index contributed by atoms with van der Waals surface area (Å²) in [5.41, 5.74) is 7.20. The number of nitrogen functional groups attached to an aromatic ring is 1. The van der Waals surface area contributed by atoms with Crippen molar-refractivity contribution in [3.05, 3.63) is 46.6 Å². The van der Waals surface area contributed by atoms with E-state index in [2.05, 4.69) is 5.32 Å².